The van der Waals surface area contributed by atoms with Gasteiger partial charge in [0.15, 0.2) is 0 Å². The first-order valence-electron chi connectivity index (χ1n) is 5.57. The summed E-state index contributed by atoms with van der Waals surface area (Å²) < 4.78 is 0. The Bertz CT molecular complexity index is 290. The van der Waals surface area contributed by atoms with Gasteiger partial charge in [0.2, 0.25) is 0 Å². The van der Waals surface area contributed by atoms with Crippen LogP contribution in [0.2, 0.25) is 0 Å². The van der Waals surface area contributed by atoms with Gasteiger partial charge in [0.05, 0.1) is 0 Å². The Morgan fingerprint density at radius 3 is 3.21 bits per heavy atom. The van der Waals surface area contributed by atoms with Crippen LogP contribution in [-0.4, -0.2) is 6.54 Å². The van der Waals surface area contributed by atoms with E-state index in [0.717, 1.165) is 12.5 Å². The molecule has 0 fully saturated rings. The van der Waals surface area contributed by atoms with Crippen molar-refractivity contribution in [1.82, 2.24) is 5.32 Å². The Kier molecular flexibility index (Phi) is 3.24. The second-order valence-corrected chi connectivity index (χ2v) is 5.55. The summed E-state index contributed by atoms with van der Waals surface area (Å²) in [7, 11) is 0. The summed E-state index contributed by atoms with van der Waals surface area (Å²) in [6.45, 7) is 5.68. The minimum atomic E-state index is 0.632. The zero-order valence-corrected chi connectivity index (χ0v) is 9.86. The van der Waals surface area contributed by atoms with Crippen LogP contribution in [-0.2, 0) is 6.42 Å². The van der Waals surface area contributed by atoms with Crippen molar-refractivity contribution in [2.24, 2.45) is 5.92 Å². The van der Waals surface area contributed by atoms with Crippen molar-refractivity contribution in [3.8, 4) is 0 Å². The molecule has 0 bridgehead atoms. The summed E-state index contributed by atoms with van der Waals surface area (Å²) in [4.78, 5) is 1.61. The second kappa shape index (κ2) is 4.45. The maximum Gasteiger partial charge on any atom is 0.0331 e. The number of hydrogen-bond donors (Lipinski definition) is 1. The van der Waals surface area contributed by atoms with Gasteiger partial charge >= 0.3 is 0 Å². The Morgan fingerprint density at radius 2 is 2.43 bits per heavy atom. The van der Waals surface area contributed by atoms with Crippen molar-refractivity contribution in [2.45, 2.75) is 39.2 Å². The molecule has 1 unspecified atom stereocenters. The lowest BCUT2D eigenvalue weighted by Gasteiger charge is -2.24. The highest BCUT2D eigenvalue weighted by Crippen LogP contribution is 2.33. The van der Waals surface area contributed by atoms with Crippen LogP contribution in [0.5, 0.6) is 0 Å². The number of hydrogen-bond acceptors (Lipinski definition) is 2. The van der Waals surface area contributed by atoms with E-state index in [1.54, 1.807) is 10.4 Å². The molecule has 14 heavy (non-hydrogen) atoms. The summed E-state index contributed by atoms with van der Waals surface area (Å²) in [6.07, 6.45) is 3.96. The molecule has 0 saturated heterocycles. The van der Waals surface area contributed by atoms with Crippen molar-refractivity contribution in [3.05, 3.63) is 21.9 Å². The van der Waals surface area contributed by atoms with E-state index >= 15 is 0 Å². The second-order valence-electron chi connectivity index (χ2n) is 4.55. The molecule has 2 heteroatoms. The third-order valence-electron chi connectivity index (χ3n) is 2.82. The van der Waals surface area contributed by atoms with Gasteiger partial charge in [0, 0.05) is 10.9 Å². The summed E-state index contributed by atoms with van der Waals surface area (Å²) in [5, 5.41) is 5.91. The zero-order chi connectivity index (χ0) is 9.97. The largest absolute Gasteiger partial charge is 0.310 e. The third kappa shape index (κ3) is 2.18. The highest BCUT2D eigenvalue weighted by atomic mass is 32.1. The maximum atomic E-state index is 3.67. The molecule has 0 amide bonds. The molecule has 1 atom stereocenters. The van der Waals surface area contributed by atoms with Gasteiger partial charge in [0.1, 0.15) is 0 Å². The minimum absolute atomic E-state index is 0.632. The molecule has 0 saturated carbocycles. The summed E-state index contributed by atoms with van der Waals surface area (Å²) in [5.41, 5.74) is 1.57. The average molecular weight is 209 g/mol. The van der Waals surface area contributed by atoms with Gasteiger partial charge in [-0.25, -0.2) is 0 Å². The lowest BCUT2D eigenvalue weighted by molar-refractivity contribution is 0.429. The topological polar surface area (TPSA) is 12.0 Å². The number of aryl methyl sites for hydroxylation is 1. The van der Waals surface area contributed by atoms with Crippen molar-refractivity contribution in [1.29, 1.82) is 0 Å². The van der Waals surface area contributed by atoms with Crippen LogP contribution in [0.3, 0.4) is 0 Å². The first kappa shape index (κ1) is 10.2. The smallest absolute Gasteiger partial charge is 0.0331 e. The highest BCUT2D eigenvalue weighted by molar-refractivity contribution is 7.10. The molecule has 0 spiro atoms. The highest BCUT2D eigenvalue weighted by Gasteiger charge is 2.20. The fraction of sp³-hybridized carbons (Fsp3) is 0.667. The molecule has 1 nitrogen and oxygen atoms in total. The van der Waals surface area contributed by atoms with E-state index in [-0.39, 0.29) is 0 Å². The normalized spacial score (nSPS) is 21.2. The van der Waals surface area contributed by atoms with Crippen molar-refractivity contribution in [3.63, 3.8) is 0 Å². The first-order valence-corrected chi connectivity index (χ1v) is 6.45. The van der Waals surface area contributed by atoms with Crippen LogP contribution < -0.4 is 5.32 Å². The predicted molar refractivity (Wildman–Crippen MR) is 62.8 cm³/mol. The van der Waals surface area contributed by atoms with Crippen LogP contribution in [0.1, 0.15) is 43.2 Å². The van der Waals surface area contributed by atoms with Crippen molar-refractivity contribution in [2.75, 3.05) is 6.54 Å². The monoisotopic (exact) mass is 209 g/mol. The van der Waals surface area contributed by atoms with Gasteiger partial charge in [-0.3, -0.25) is 0 Å². The minimum Gasteiger partial charge on any atom is -0.310 e. The van der Waals surface area contributed by atoms with Crippen LogP contribution in [0.15, 0.2) is 11.4 Å². The molecule has 78 valence electrons. The Hall–Kier alpha value is -0.340. The molecule has 2 rings (SSSR count). The zero-order valence-electron chi connectivity index (χ0n) is 9.05. The third-order valence-corrected chi connectivity index (χ3v) is 3.82. The molecule has 0 radical (unpaired) electrons. The van der Waals surface area contributed by atoms with Crippen LogP contribution in [0.25, 0.3) is 0 Å². The molecule has 0 aromatic carbocycles. The van der Waals surface area contributed by atoms with Crippen LogP contribution >= 0.6 is 11.3 Å². The number of thiophene rings is 1. The number of rotatable bonds is 3. The Labute approximate surface area is 90.5 Å². The number of fused-ring (bicyclic) bond motifs is 1. The molecular formula is C12H19NS. The van der Waals surface area contributed by atoms with Gasteiger partial charge in [0.25, 0.3) is 0 Å². The van der Waals surface area contributed by atoms with Gasteiger partial charge in [-0.2, -0.15) is 0 Å². The summed E-state index contributed by atoms with van der Waals surface area (Å²) >= 11 is 1.92. The fourth-order valence-corrected chi connectivity index (χ4v) is 3.06. The lowest BCUT2D eigenvalue weighted by atomic mass is 9.94. The standard InChI is InChI=1S/C12H19NS/c1-9(2)8-13-11-4-3-5-12-10(11)6-7-14-12/h6-7,9,11,13H,3-5,8H2,1-2H3. The van der Waals surface area contributed by atoms with Gasteiger partial charge in [-0.1, -0.05) is 13.8 Å². The summed E-state index contributed by atoms with van der Waals surface area (Å²) in [6, 6.07) is 2.93. The molecule has 1 aromatic rings. The van der Waals surface area contributed by atoms with Gasteiger partial charge in [-0.05, 0) is 48.7 Å². The first-order chi connectivity index (χ1) is 6.77. The van der Waals surface area contributed by atoms with Crippen LogP contribution in [0.4, 0.5) is 0 Å². The van der Waals surface area contributed by atoms with E-state index in [2.05, 4.69) is 30.6 Å². The maximum absolute atomic E-state index is 3.67. The van der Waals surface area contributed by atoms with Crippen LogP contribution in [0, 0.1) is 5.92 Å². The molecule has 1 heterocycles. The summed E-state index contributed by atoms with van der Waals surface area (Å²) in [5.74, 6) is 0.749. The number of nitrogens with one attached hydrogen (secondary N) is 1. The Morgan fingerprint density at radius 1 is 1.57 bits per heavy atom. The molecular weight excluding hydrogens is 190 g/mol. The average Bonchev–Trinajstić information content (AvgIpc) is 2.62. The molecule has 1 aromatic heterocycles. The fourth-order valence-electron chi connectivity index (χ4n) is 2.08. The molecule has 1 N–H and O–H groups in total. The molecule has 1 aliphatic carbocycles. The van der Waals surface area contributed by atoms with Crippen molar-refractivity contribution < 1.29 is 0 Å². The van der Waals surface area contributed by atoms with E-state index in [9.17, 15) is 0 Å². The SMILES string of the molecule is CC(C)CNC1CCCc2sccc21. The van der Waals surface area contributed by atoms with Crippen molar-refractivity contribution >= 4 is 11.3 Å². The Balaban J connectivity index is 2.01. The quantitative estimate of drug-likeness (QED) is 0.805. The van der Waals surface area contributed by atoms with E-state index in [4.69, 9.17) is 0 Å². The van der Waals surface area contributed by atoms with E-state index in [1.807, 2.05) is 11.3 Å². The van der Waals surface area contributed by atoms with E-state index in [0.29, 0.717) is 6.04 Å². The molecule has 0 aliphatic heterocycles. The van der Waals surface area contributed by atoms with Gasteiger partial charge in [-0.15, -0.1) is 11.3 Å². The molecule has 1 aliphatic rings. The van der Waals surface area contributed by atoms with Gasteiger partial charge < -0.3 is 5.32 Å². The predicted octanol–water partition coefficient (Wildman–Crippen LogP) is 3.37. The van der Waals surface area contributed by atoms with E-state index < -0.39 is 0 Å². The van der Waals surface area contributed by atoms with E-state index in [1.165, 1.54) is 19.3 Å². The lowest BCUT2D eigenvalue weighted by Crippen LogP contribution is -2.27.